The first-order valence-electron chi connectivity index (χ1n) is 10.5. The van der Waals surface area contributed by atoms with Gasteiger partial charge in [-0.25, -0.2) is 4.39 Å². The number of nitrogens with zero attached hydrogens (tertiary/aromatic N) is 1. The molecule has 164 valence electrons. The third-order valence-corrected chi connectivity index (χ3v) is 6.31. The number of benzene rings is 2. The summed E-state index contributed by atoms with van der Waals surface area (Å²) in [5.41, 5.74) is 1.84. The second kappa shape index (κ2) is 11.3. The van der Waals surface area contributed by atoms with Crippen LogP contribution in [0.4, 0.5) is 4.39 Å². The lowest BCUT2D eigenvalue weighted by atomic mass is 10.1. The number of nitrogens with one attached hydrogen (secondary N) is 1. The molecule has 1 fully saturated rings. The molecule has 0 bridgehead atoms. The molecule has 0 amide bonds. The summed E-state index contributed by atoms with van der Waals surface area (Å²) in [6.07, 6.45) is 2.54. The molecular weight excluding hydrogens is 471 g/mol. The highest BCUT2D eigenvalue weighted by Gasteiger charge is 2.22. The molecule has 1 N–H and O–H groups in total. The van der Waals surface area contributed by atoms with Gasteiger partial charge < -0.3 is 14.8 Å². The van der Waals surface area contributed by atoms with E-state index in [9.17, 15) is 4.39 Å². The van der Waals surface area contributed by atoms with Crippen LogP contribution in [0.1, 0.15) is 37.8 Å². The molecule has 0 unspecified atom stereocenters. The van der Waals surface area contributed by atoms with Gasteiger partial charge >= 0.3 is 0 Å². The van der Waals surface area contributed by atoms with E-state index >= 15 is 0 Å². The number of likely N-dealkylation sites (N-methyl/N-ethyl adjacent to an activating group) is 1. The van der Waals surface area contributed by atoms with Gasteiger partial charge in [0.2, 0.25) is 0 Å². The van der Waals surface area contributed by atoms with Crippen LogP contribution in [0, 0.1) is 5.82 Å². The predicted molar refractivity (Wildman–Crippen MR) is 123 cm³/mol. The van der Waals surface area contributed by atoms with Gasteiger partial charge in [-0.2, -0.15) is 0 Å². The van der Waals surface area contributed by atoms with E-state index in [1.54, 1.807) is 6.07 Å². The molecule has 0 radical (unpaired) electrons. The van der Waals surface area contributed by atoms with E-state index in [1.807, 2.05) is 19.1 Å². The lowest BCUT2D eigenvalue weighted by Gasteiger charge is -2.23. The van der Waals surface area contributed by atoms with Crippen LogP contribution in [0.2, 0.25) is 5.02 Å². The number of hydrogen-bond acceptors (Lipinski definition) is 4. The van der Waals surface area contributed by atoms with Crippen LogP contribution in [-0.2, 0) is 13.2 Å². The Morgan fingerprint density at radius 2 is 2.07 bits per heavy atom. The lowest BCUT2D eigenvalue weighted by molar-refractivity contribution is 0.259. The maximum absolute atomic E-state index is 13.3. The third-order valence-electron chi connectivity index (χ3n) is 5.37. The van der Waals surface area contributed by atoms with E-state index in [-0.39, 0.29) is 12.4 Å². The molecule has 2 aromatic carbocycles. The van der Waals surface area contributed by atoms with Crippen LogP contribution in [0.15, 0.2) is 34.8 Å². The summed E-state index contributed by atoms with van der Waals surface area (Å²) in [6.45, 7) is 8.98. The topological polar surface area (TPSA) is 33.7 Å². The molecule has 1 saturated heterocycles. The van der Waals surface area contributed by atoms with Gasteiger partial charge in [0, 0.05) is 24.7 Å². The standard InChI is InChI=1S/C23H29BrClFN2O2/c1-3-28-9-5-6-19(28)14-27-13-16-10-20(24)23(22(11-16)29-4-2)30-15-17-7-8-18(26)12-21(17)25/h7-8,10-12,19,27H,3-6,9,13-15H2,1-2H3/t19-/m1/s1. The van der Waals surface area contributed by atoms with Crippen molar-refractivity contribution < 1.29 is 13.9 Å². The van der Waals surface area contributed by atoms with Crippen LogP contribution < -0.4 is 14.8 Å². The van der Waals surface area contributed by atoms with E-state index in [2.05, 4.69) is 33.1 Å². The fourth-order valence-electron chi connectivity index (χ4n) is 3.84. The molecular formula is C23H29BrClFN2O2. The summed E-state index contributed by atoms with van der Waals surface area (Å²) in [6, 6.07) is 8.97. The van der Waals surface area contributed by atoms with E-state index in [4.69, 9.17) is 21.1 Å². The Bertz CT molecular complexity index is 852. The number of likely N-dealkylation sites (tertiary alicyclic amines) is 1. The van der Waals surface area contributed by atoms with Crippen LogP contribution in [0.25, 0.3) is 0 Å². The Kier molecular flexibility index (Phi) is 8.81. The summed E-state index contributed by atoms with van der Waals surface area (Å²) in [5.74, 6) is 0.934. The van der Waals surface area contributed by atoms with Crippen LogP contribution in [0.3, 0.4) is 0 Å². The van der Waals surface area contributed by atoms with E-state index in [1.165, 1.54) is 31.5 Å². The highest BCUT2D eigenvalue weighted by atomic mass is 79.9. The molecule has 4 nitrogen and oxygen atoms in total. The van der Waals surface area contributed by atoms with E-state index in [0.29, 0.717) is 29.2 Å². The maximum Gasteiger partial charge on any atom is 0.175 e. The maximum atomic E-state index is 13.3. The van der Waals surface area contributed by atoms with Gasteiger partial charge in [0.05, 0.1) is 16.1 Å². The second-order valence-corrected chi connectivity index (χ2v) is 8.68. The van der Waals surface area contributed by atoms with Crippen molar-refractivity contribution >= 4 is 27.5 Å². The summed E-state index contributed by atoms with van der Waals surface area (Å²) in [5, 5.41) is 3.93. The minimum atomic E-state index is -0.364. The molecule has 0 spiro atoms. The normalized spacial score (nSPS) is 16.8. The Hall–Kier alpha value is -1.34. The number of ether oxygens (including phenoxy) is 2. The van der Waals surface area contributed by atoms with Gasteiger partial charge in [-0.3, -0.25) is 4.90 Å². The summed E-state index contributed by atoms with van der Waals surface area (Å²) >= 11 is 9.74. The predicted octanol–water partition coefficient (Wildman–Crippen LogP) is 5.79. The van der Waals surface area contributed by atoms with Crippen molar-refractivity contribution in [1.29, 1.82) is 0 Å². The van der Waals surface area contributed by atoms with Gasteiger partial charge in [0.1, 0.15) is 12.4 Å². The van der Waals surface area contributed by atoms with Crippen molar-refractivity contribution in [2.45, 2.75) is 45.9 Å². The first-order chi connectivity index (χ1) is 14.5. The van der Waals surface area contributed by atoms with Gasteiger partial charge in [-0.1, -0.05) is 24.6 Å². The van der Waals surface area contributed by atoms with E-state index < -0.39 is 0 Å². The highest BCUT2D eigenvalue weighted by Crippen LogP contribution is 2.38. The summed E-state index contributed by atoms with van der Waals surface area (Å²) in [4.78, 5) is 2.53. The first kappa shape index (κ1) is 23.3. The molecule has 1 aliphatic heterocycles. The van der Waals surface area contributed by atoms with Crippen molar-refractivity contribution in [2.24, 2.45) is 0 Å². The molecule has 1 aliphatic rings. The fraction of sp³-hybridized carbons (Fsp3) is 0.478. The van der Waals surface area contributed by atoms with Crippen molar-refractivity contribution in [1.82, 2.24) is 10.2 Å². The number of rotatable bonds is 10. The van der Waals surface area contributed by atoms with Crippen molar-refractivity contribution in [3.05, 3.63) is 56.8 Å². The Balaban J connectivity index is 1.65. The zero-order valence-electron chi connectivity index (χ0n) is 17.5. The molecule has 3 rings (SSSR count). The van der Waals surface area contributed by atoms with Gasteiger partial charge in [0.25, 0.3) is 0 Å². The average molecular weight is 500 g/mol. The molecule has 7 heteroatoms. The van der Waals surface area contributed by atoms with Crippen LogP contribution in [-0.4, -0.2) is 37.2 Å². The Morgan fingerprint density at radius 1 is 1.23 bits per heavy atom. The zero-order valence-corrected chi connectivity index (χ0v) is 19.9. The van der Waals surface area contributed by atoms with Crippen molar-refractivity contribution in [2.75, 3.05) is 26.2 Å². The van der Waals surface area contributed by atoms with Gasteiger partial charge in [-0.05, 0) is 78.6 Å². The fourth-order valence-corrected chi connectivity index (χ4v) is 4.67. The summed E-state index contributed by atoms with van der Waals surface area (Å²) in [7, 11) is 0. The number of hydrogen-bond donors (Lipinski definition) is 1. The van der Waals surface area contributed by atoms with Crippen molar-refractivity contribution in [3.8, 4) is 11.5 Å². The minimum absolute atomic E-state index is 0.226. The lowest BCUT2D eigenvalue weighted by Crippen LogP contribution is -2.37. The zero-order chi connectivity index (χ0) is 21.5. The molecule has 0 aliphatic carbocycles. The van der Waals surface area contributed by atoms with Gasteiger partial charge in [-0.15, -0.1) is 0 Å². The van der Waals surface area contributed by atoms with Crippen LogP contribution in [0.5, 0.6) is 11.5 Å². The monoisotopic (exact) mass is 498 g/mol. The van der Waals surface area contributed by atoms with Crippen LogP contribution >= 0.6 is 27.5 Å². The van der Waals surface area contributed by atoms with Crippen molar-refractivity contribution in [3.63, 3.8) is 0 Å². The first-order valence-corrected chi connectivity index (χ1v) is 11.7. The largest absolute Gasteiger partial charge is 0.490 e. The third kappa shape index (κ3) is 6.10. The molecule has 2 aromatic rings. The quantitative estimate of drug-likeness (QED) is 0.448. The Labute approximate surface area is 191 Å². The summed E-state index contributed by atoms with van der Waals surface area (Å²) < 4.78 is 25.9. The highest BCUT2D eigenvalue weighted by molar-refractivity contribution is 9.10. The SMILES string of the molecule is CCOc1cc(CNC[C@H]2CCCN2CC)cc(Br)c1OCc1ccc(F)cc1Cl. The molecule has 1 heterocycles. The second-order valence-electron chi connectivity index (χ2n) is 7.42. The Morgan fingerprint density at radius 3 is 2.80 bits per heavy atom. The van der Waals surface area contributed by atoms with Gasteiger partial charge in [0.15, 0.2) is 11.5 Å². The number of halogens is 3. The van der Waals surface area contributed by atoms with E-state index in [0.717, 1.165) is 35.2 Å². The molecule has 0 saturated carbocycles. The molecule has 30 heavy (non-hydrogen) atoms. The average Bonchev–Trinajstić information content (AvgIpc) is 3.16. The molecule has 0 aromatic heterocycles. The minimum Gasteiger partial charge on any atom is -0.490 e. The molecule has 1 atom stereocenters. The smallest absolute Gasteiger partial charge is 0.175 e.